The van der Waals surface area contributed by atoms with Crippen LogP contribution in [0.5, 0.6) is 0 Å². The molecule has 1 heterocycles. The van der Waals surface area contributed by atoms with Crippen LogP contribution in [-0.2, 0) is 9.59 Å². The third kappa shape index (κ3) is 4.18. The van der Waals surface area contributed by atoms with E-state index in [9.17, 15) is 14.4 Å². The van der Waals surface area contributed by atoms with Gasteiger partial charge in [0.1, 0.15) is 12.1 Å². The number of amides is 4. The van der Waals surface area contributed by atoms with E-state index in [2.05, 4.69) is 24.1 Å². The quantitative estimate of drug-likeness (QED) is 0.445. The molecule has 1 aromatic carbocycles. The Hall–Kier alpha value is -2.28. The molecule has 7 heteroatoms. The Morgan fingerprint density at radius 1 is 1.37 bits per heavy atom. The van der Waals surface area contributed by atoms with Gasteiger partial charge >= 0.3 is 6.03 Å². The van der Waals surface area contributed by atoms with Gasteiger partial charge in [0.2, 0.25) is 5.91 Å². The highest BCUT2D eigenvalue weighted by Gasteiger charge is 2.52. The van der Waals surface area contributed by atoms with Gasteiger partial charge in [0, 0.05) is 10.6 Å². The van der Waals surface area contributed by atoms with Gasteiger partial charge in [-0.1, -0.05) is 25.1 Å². The molecule has 1 aromatic rings. The molecule has 1 saturated carbocycles. The summed E-state index contributed by atoms with van der Waals surface area (Å²) in [6.45, 7) is 5.58. The number of thioether (sulfide) groups is 1. The van der Waals surface area contributed by atoms with Crippen LogP contribution >= 0.6 is 11.8 Å². The van der Waals surface area contributed by atoms with Gasteiger partial charge in [-0.3, -0.25) is 14.5 Å². The maximum atomic E-state index is 12.8. The fourth-order valence-electron chi connectivity index (χ4n) is 3.59. The third-order valence-corrected chi connectivity index (χ3v) is 6.26. The highest BCUT2D eigenvalue weighted by Crippen LogP contribution is 2.36. The van der Waals surface area contributed by atoms with Crippen molar-refractivity contribution in [1.29, 1.82) is 0 Å². The van der Waals surface area contributed by atoms with Crippen LogP contribution < -0.4 is 10.6 Å². The van der Waals surface area contributed by atoms with Gasteiger partial charge in [0.15, 0.2) is 0 Å². The first kappa shape index (κ1) is 19.5. The van der Waals surface area contributed by atoms with Gasteiger partial charge < -0.3 is 10.6 Å². The summed E-state index contributed by atoms with van der Waals surface area (Å²) in [5.41, 5.74) is -0.149. The largest absolute Gasteiger partial charge is 0.325 e. The number of urea groups is 1. The van der Waals surface area contributed by atoms with E-state index in [0.29, 0.717) is 24.4 Å². The lowest BCUT2D eigenvalue weighted by Crippen LogP contribution is -2.49. The second kappa shape index (κ2) is 8.17. The Balaban J connectivity index is 1.65. The first-order valence-corrected chi connectivity index (χ1v) is 10.2. The summed E-state index contributed by atoms with van der Waals surface area (Å²) in [5.74, 6) is 0.624. The smallest absolute Gasteiger partial charge is 0.324 e. The Labute approximate surface area is 163 Å². The number of carbonyl (C=O) groups excluding carboxylic acids is 3. The molecule has 0 bridgehead atoms. The molecule has 0 atom stereocenters. The lowest BCUT2D eigenvalue weighted by molar-refractivity contribution is -0.135. The van der Waals surface area contributed by atoms with Gasteiger partial charge in [0.05, 0.1) is 5.69 Å². The number of anilines is 1. The van der Waals surface area contributed by atoms with E-state index in [-0.39, 0.29) is 18.4 Å². The van der Waals surface area contributed by atoms with Crippen LogP contribution in [0.1, 0.15) is 32.6 Å². The molecule has 0 radical (unpaired) electrons. The summed E-state index contributed by atoms with van der Waals surface area (Å²) in [6, 6.07) is 6.97. The Bertz CT molecular complexity index is 757. The molecule has 2 fully saturated rings. The van der Waals surface area contributed by atoms with Crippen molar-refractivity contribution in [3.8, 4) is 0 Å². The molecule has 2 aliphatic rings. The van der Waals surface area contributed by atoms with Gasteiger partial charge in [-0.15, -0.1) is 18.3 Å². The number of nitrogens with zero attached hydrogens (tertiary/aromatic N) is 1. The molecule has 1 saturated heterocycles. The molecule has 1 aliphatic heterocycles. The van der Waals surface area contributed by atoms with Crippen LogP contribution in [-0.4, -0.2) is 40.6 Å². The second-order valence-electron chi connectivity index (χ2n) is 7.23. The van der Waals surface area contributed by atoms with Crippen molar-refractivity contribution >= 4 is 35.3 Å². The zero-order valence-electron chi connectivity index (χ0n) is 15.5. The highest BCUT2D eigenvalue weighted by molar-refractivity contribution is 7.99. The van der Waals surface area contributed by atoms with Crippen molar-refractivity contribution in [2.24, 2.45) is 5.92 Å². The number of hydrogen-bond acceptors (Lipinski definition) is 4. The lowest BCUT2D eigenvalue weighted by Gasteiger charge is -2.33. The van der Waals surface area contributed by atoms with Gasteiger partial charge in [-0.05, 0) is 43.7 Å². The van der Waals surface area contributed by atoms with Crippen LogP contribution in [0.25, 0.3) is 0 Å². The number of para-hydroxylation sites is 1. The Morgan fingerprint density at radius 2 is 2.07 bits per heavy atom. The highest BCUT2D eigenvalue weighted by atomic mass is 32.2. The first-order valence-electron chi connectivity index (χ1n) is 9.22. The van der Waals surface area contributed by atoms with Gasteiger partial charge in [-0.25, -0.2) is 4.79 Å². The average molecular weight is 388 g/mol. The van der Waals surface area contributed by atoms with Crippen LogP contribution in [0.3, 0.4) is 0 Å². The summed E-state index contributed by atoms with van der Waals surface area (Å²) < 4.78 is 0. The SMILES string of the molecule is C=CCSc1ccccc1NC(=O)CN1C(=O)NC2(CCC(C)CC2)C1=O. The van der Waals surface area contributed by atoms with E-state index in [1.165, 1.54) is 0 Å². The third-order valence-electron chi connectivity index (χ3n) is 5.19. The maximum Gasteiger partial charge on any atom is 0.325 e. The lowest BCUT2D eigenvalue weighted by atomic mass is 9.77. The zero-order valence-corrected chi connectivity index (χ0v) is 16.3. The maximum absolute atomic E-state index is 12.8. The predicted octanol–water partition coefficient (Wildman–Crippen LogP) is 3.40. The number of carbonyl (C=O) groups is 3. The normalized spacial score (nSPS) is 24.8. The summed E-state index contributed by atoms with van der Waals surface area (Å²) >= 11 is 1.56. The van der Waals surface area contributed by atoms with Gasteiger partial charge in [-0.2, -0.15) is 0 Å². The number of imide groups is 1. The van der Waals surface area contributed by atoms with E-state index >= 15 is 0 Å². The van der Waals surface area contributed by atoms with Crippen molar-refractivity contribution in [2.45, 2.75) is 43.0 Å². The first-order chi connectivity index (χ1) is 12.9. The number of hydrogen-bond donors (Lipinski definition) is 2. The number of nitrogens with one attached hydrogen (secondary N) is 2. The molecule has 2 N–H and O–H groups in total. The molecule has 144 valence electrons. The van der Waals surface area contributed by atoms with E-state index in [4.69, 9.17) is 0 Å². The van der Waals surface area contributed by atoms with E-state index in [1.54, 1.807) is 23.9 Å². The van der Waals surface area contributed by atoms with Crippen molar-refractivity contribution in [3.63, 3.8) is 0 Å². The minimum Gasteiger partial charge on any atom is -0.324 e. The molecule has 27 heavy (non-hydrogen) atoms. The topological polar surface area (TPSA) is 78.5 Å². The van der Waals surface area contributed by atoms with Crippen LogP contribution in [0, 0.1) is 5.92 Å². The molecule has 1 spiro atoms. The minimum absolute atomic E-state index is 0.274. The zero-order chi connectivity index (χ0) is 19.4. The summed E-state index contributed by atoms with van der Waals surface area (Å²) in [5, 5.41) is 5.66. The van der Waals surface area contributed by atoms with Crippen molar-refractivity contribution < 1.29 is 14.4 Å². The van der Waals surface area contributed by atoms with Crippen molar-refractivity contribution in [2.75, 3.05) is 17.6 Å². The fraction of sp³-hybridized carbons (Fsp3) is 0.450. The second-order valence-corrected chi connectivity index (χ2v) is 8.29. The fourth-order valence-corrected chi connectivity index (χ4v) is 4.34. The number of benzene rings is 1. The van der Waals surface area contributed by atoms with E-state index in [0.717, 1.165) is 28.4 Å². The van der Waals surface area contributed by atoms with Crippen molar-refractivity contribution in [3.05, 3.63) is 36.9 Å². The van der Waals surface area contributed by atoms with E-state index < -0.39 is 11.6 Å². The molecule has 1 aliphatic carbocycles. The Morgan fingerprint density at radius 3 is 2.78 bits per heavy atom. The molecule has 3 rings (SSSR count). The molecular formula is C20H25N3O3S. The predicted molar refractivity (Wildman–Crippen MR) is 107 cm³/mol. The molecule has 6 nitrogen and oxygen atoms in total. The molecule has 0 aromatic heterocycles. The summed E-state index contributed by atoms with van der Waals surface area (Å²) in [7, 11) is 0. The molecule has 0 unspecified atom stereocenters. The van der Waals surface area contributed by atoms with Crippen LogP contribution in [0.4, 0.5) is 10.5 Å². The van der Waals surface area contributed by atoms with E-state index in [1.807, 2.05) is 18.2 Å². The summed E-state index contributed by atoms with van der Waals surface area (Å²) in [4.78, 5) is 39.6. The van der Waals surface area contributed by atoms with Gasteiger partial charge in [0.25, 0.3) is 5.91 Å². The molecule has 4 amide bonds. The average Bonchev–Trinajstić information content (AvgIpc) is 2.88. The molecular weight excluding hydrogens is 362 g/mol. The van der Waals surface area contributed by atoms with Crippen molar-refractivity contribution in [1.82, 2.24) is 10.2 Å². The summed E-state index contributed by atoms with van der Waals surface area (Å²) in [6.07, 6.45) is 4.87. The number of rotatable bonds is 6. The monoisotopic (exact) mass is 387 g/mol. The minimum atomic E-state index is -0.818. The van der Waals surface area contributed by atoms with Crippen LogP contribution in [0.15, 0.2) is 41.8 Å². The Kier molecular flexibility index (Phi) is 5.89. The van der Waals surface area contributed by atoms with Crippen LogP contribution in [0.2, 0.25) is 0 Å². The standard InChI is InChI=1S/C20H25N3O3S/c1-3-12-27-16-7-5-4-6-15(16)21-17(24)13-23-18(25)20(22-19(23)26)10-8-14(2)9-11-20/h3-7,14H,1,8-13H2,2H3,(H,21,24)(H,22,26).